The molecule has 3 rings (SSSR count). The first kappa shape index (κ1) is 26.4. The summed E-state index contributed by atoms with van der Waals surface area (Å²) in [5.41, 5.74) is 3.01. The van der Waals surface area contributed by atoms with E-state index in [4.69, 9.17) is 9.47 Å². The van der Waals surface area contributed by atoms with Crippen LogP contribution in [0.3, 0.4) is 0 Å². The van der Waals surface area contributed by atoms with Crippen molar-refractivity contribution in [1.29, 1.82) is 0 Å². The molecule has 0 unspecified atom stereocenters. The lowest BCUT2D eigenvalue weighted by Gasteiger charge is -2.20. The second-order valence-corrected chi connectivity index (χ2v) is 9.69. The molecule has 0 atom stereocenters. The van der Waals surface area contributed by atoms with Gasteiger partial charge in [0.2, 0.25) is 0 Å². The number of fused-ring (bicyclic) bond motifs is 2. The Labute approximate surface area is 208 Å². The average molecular weight is 463 g/mol. The van der Waals surface area contributed by atoms with Gasteiger partial charge in [0.25, 0.3) is 0 Å². The highest BCUT2D eigenvalue weighted by Gasteiger charge is 2.18. The van der Waals surface area contributed by atoms with Gasteiger partial charge in [0.05, 0.1) is 13.2 Å². The number of benzene rings is 3. The molecule has 0 amide bonds. The van der Waals surface area contributed by atoms with E-state index in [9.17, 15) is 0 Å². The minimum Gasteiger partial charge on any atom is -0.492 e. The molecule has 2 heteroatoms. The molecule has 0 aliphatic rings. The van der Waals surface area contributed by atoms with E-state index in [0.717, 1.165) is 63.2 Å². The fraction of sp³-hybridized carbons (Fsp3) is 0.562. The maximum atomic E-state index is 6.52. The molecule has 0 bridgehead atoms. The van der Waals surface area contributed by atoms with Gasteiger partial charge in [0, 0.05) is 21.5 Å². The number of hydrogen-bond donors (Lipinski definition) is 0. The SMILES string of the molecule is CCCCCc1cc2c(OCCCC)c3ccccc3c(OCCCC)c2cc1CCCCC. The molecule has 0 radical (unpaired) electrons. The Morgan fingerprint density at radius 1 is 0.500 bits per heavy atom. The normalized spacial score (nSPS) is 11.4. The first-order valence-electron chi connectivity index (χ1n) is 14.0. The lowest BCUT2D eigenvalue weighted by atomic mass is 9.91. The molecular weight excluding hydrogens is 416 g/mol. The molecule has 0 fully saturated rings. The van der Waals surface area contributed by atoms with Crippen LogP contribution in [-0.2, 0) is 12.8 Å². The minimum atomic E-state index is 0.759. The van der Waals surface area contributed by atoms with E-state index >= 15 is 0 Å². The van der Waals surface area contributed by atoms with Crippen LogP contribution in [-0.4, -0.2) is 13.2 Å². The first-order chi connectivity index (χ1) is 16.7. The maximum absolute atomic E-state index is 6.52. The zero-order chi connectivity index (χ0) is 24.2. The maximum Gasteiger partial charge on any atom is 0.135 e. The topological polar surface area (TPSA) is 18.5 Å². The van der Waals surface area contributed by atoms with E-state index in [-0.39, 0.29) is 0 Å². The number of aryl methyl sites for hydroxylation is 2. The van der Waals surface area contributed by atoms with Crippen molar-refractivity contribution in [2.75, 3.05) is 13.2 Å². The predicted octanol–water partition coefficient (Wildman–Crippen LogP) is 9.82. The van der Waals surface area contributed by atoms with Crippen LogP contribution in [0.1, 0.15) is 103 Å². The van der Waals surface area contributed by atoms with Gasteiger partial charge < -0.3 is 9.47 Å². The monoisotopic (exact) mass is 462 g/mol. The number of unbranched alkanes of at least 4 members (excludes halogenated alkanes) is 6. The third-order valence-electron chi connectivity index (χ3n) is 6.83. The number of rotatable bonds is 16. The molecule has 0 N–H and O–H groups in total. The smallest absolute Gasteiger partial charge is 0.135 e. The van der Waals surface area contributed by atoms with Gasteiger partial charge in [-0.3, -0.25) is 0 Å². The molecular formula is C32H46O2. The standard InChI is InChI=1S/C32H46O2/c1-5-9-13-17-25-23-29-30(24-26(25)18-14-10-6-2)32(34-22-12-8-4)28-20-16-15-19-27(28)31(29)33-21-11-7-3/h15-16,19-20,23-24H,5-14,17-18,21-22H2,1-4H3. The zero-order valence-corrected chi connectivity index (χ0v) is 22.2. The van der Waals surface area contributed by atoms with Crippen LogP contribution >= 0.6 is 0 Å². The molecule has 3 aromatic rings. The molecule has 34 heavy (non-hydrogen) atoms. The summed E-state index contributed by atoms with van der Waals surface area (Å²) in [7, 11) is 0. The van der Waals surface area contributed by atoms with Crippen LogP contribution < -0.4 is 9.47 Å². The van der Waals surface area contributed by atoms with Crippen molar-refractivity contribution in [2.45, 2.75) is 105 Å². The summed E-state index contributed by atoms with van der Waals surface area (Å²) < 4.78 is 13.0. The highest BCUT2D eigenvalue weighted by Crippen LogP contribution is 2.44. The Hall–Kier alpha value is -2.22. The summed E-state index contributed by atoms with van der Waals surface area (Å²) in [6, 6.07) is 13.6. The van der Waals surface area contributed by atoms with Gasteiger partial charge in [-0.05, 0) is 61.8 Å². The summed E-state index contributed by atoms with van der Waals surface area (Å²) in [6.07, 6.45) is 14.3. The van der Waals surface area contributed by atoms with Crippen molar-refractivity contribution in [2.24, 2.45) is 0 Å². The second-order valence-electron chi connectivity index (χ2n) is 9.69. The van der Waals surface area contributed by atoms with Crippen molar-refractivity contribution in [1.82, 2.24) is 0 Å². The van der Waals surface area contributed by atoms with E-state index in [0.29, 0.717) is 0 Å². The second kappa shape index (κ2) is 14.2. The minimum absolute atomic E-state index is 0.759. The van der Waals surface area contributed by atoms with Gasteiger partial charge in [-0.2, -0.15) is 0 Å². The predicted molar refractivity (Wildman–Crippen MR) is 149 cm³/mol. The molecule has 186 valence electrons. The summed E-state index contributed by atoms with van der Waals surface area (Å²) in [6.45, 7) is 10.5. The van der Waals surface area contributed by atoms with Crippen LogP contribution in [0.5, 0.6) is 11.5 Å². The average Bonchev–Trinajstić information content (AvgIpc) is 2.86. The van der Waals surface area contributed by atoms with Crippen LogP contribution in [0.2, 0.25) is 0 Å². The Morgan fingerprint density at radius 3 is 1.29 bits per heavy atom. The summed E-state index contributed by atoms with van der Waals surface area (Å²) in [4.78, 5) is 0. The zero-order valence-electron chi connectivity index (χ0n) is 22.2. The summed E-state index contributed by atoms with van der Waals surface area (Å²) in [5, 5.41) is 4.81. The van der Waals surface area contributed by atoms with Gasteiger partial charge in [0.1, 0.15) is 11.5 Å². The van der Waals surface area contributed by atoms with Gasteiger partial charge in [-0.1, -0.05) is 90.5 Å². The van der Waals surface area contributed by atoms with Crippen LogP contribution in [0, 0.1) is 0 Å². The van der Waals surface area contributed by atoms with Crippen LogP contribution in [0.25, 0.3) is 21.5 Å². The lowest BCUT2D eigenvalue weighted by Crippen LogP contribution is -2.04. The van der Waals surface area contributed by atoms with Crippen LogP contribution in [0.4, 0.5) is 0 Å². The first-order valence-corrected chi connectivity index (χ1v) is 14.0. The fourth-order valence-corrected chi connectivity index (χ4v) is 4.78. The molecule has 0 saturated carbocycles. The summed E-state index contributed by atoms with van der Waals surface area (Å²) in [5.74, 6) is 2.08. The Morgan fingerprint density at radius 2 is 0.912 bits per heavy atom. The van der Waals surface area contributed by atoms with Crippen molar-refractivity contribution in [3.8, 4) is 11.5 Å². The Kier molecular flexibility index (Phi) is 11.1. The van der Waals surface area contributed by atoms with E-state index in [2.05, 4.69) is 64.1 Å². The van der Waals surface area contributed by atoms with Crippen LogP contribution in [0.15, 0.2) is 36.4 Å². The Balaban J connectivity index is 2.21. The van der Waals surface area contributed by atoms with Crippen molar-refractivity contribution >= 4 is 21.5 Å². The number of ether oxygens (including phenoxy) is 2. The summed E-state index contributed by atoms with van der Waals surface area (Å²) >= 11 is 0. The van der Waals surface area contributed by atoms with Crippen molar-refractivity contribution in [3.05, 3.63) is 47.5 Å². The quantitative estimate of drug-likeness (QED) is 0.156. The lowest BCUT2D eigenvalue weighted by molar-refractivity contribution is 0.311. The van der Waals surface area contributed by atoms with Gasteiger partial charge in [-0.25, -0.2) is 0 Å². The third-order valence-corrected chi connectivity index (χ3v) is 6.83. The fourth-order valence-electron chi connectivity index (χ4n) is 4.78. The molecule has 0 aromatic heterocycles. The molecule has 0 saturated heterocycles. The third kappa shape index (κ3) is 6.68. The molecule has 0 spiro atoms. The highest BCUT2D eigenvalue weighted by atomic mass is 16.5. The van der Waals surface area contributed by atoms with E-state index in [1.165, 1.54) is 71.2 Å². The van der Waals surface area contributed by atoms with Gasteiger partial charge in [-0.15, -0.1) is 0 Å². The molecule has 3 aromatic carbocycles. The molecule has 0 aliphatic heterocycles. The van der Waals surface area contributed by atoms with Gasteiger partial charge >= 0.3 is 0 Å². The van der Waals surface area contributed by atoms with E-state index < -0.39 is 0 Å². The number of hydrogen-bond acceptors (Lipinski definition) is 2. The molecule has 0 aliphatic carbocycles. The Bertz CT molecular complexity index is 939. The van der Waals surface area contributed by atoms with E-state index in [1.54, 1.807) is 0 Å². The highest BCUT2D eigenvalue weighted by molar-refractivity contribution is 6.11. The van der Waals surface area contributed by atoms with E-state index in [1.807, 2.05) is 0 Å². The van der Waals surface area contributed by atoms with Crippen molar-refractivity contribution in [3.63, 3.8) is 0 Å². The van der Waals surface area contributed by atoms with Crippen molar-refractivity contribution < 1.29 is 9.47 Å². The molecule has 0 heterocycles. The largest absolute Gasteiger partial charge is 0.492 e. The molecule has 2 nitrogen and oxygen atoms in total. The van der Waals surface area contributed by atoms with Gasteiger partial charge in [0.15, 0.2) is 0 Å².